The highest BCUT2D eigenvalue weighted by Gasteiger charge is 2.20. The van der Waals surface area contributed by atoms with Crippen molar-refractivity contribution in [2.45, 2.75) is 46.6 Å². The highest BCUT2D eigenvalue weighted by Crippen LogP contribution is 2.24. The van der Waals surface area contributed by atoms with E-state index in [-0.39, 0.29) is 11.5 Å². The highest BCUT2D eigenvalue weighted by molar-refractivity contribution is 5.33. The van der Waals surface area contributed by atoms with Crippen molar-refractivity contribution >= 4 is 0 Å². The number of ether oxygens (including phenoxy) is 1. The van der Waals surface area contributed by atoms with Gasteiger partial charge in [-0.1, -0.05) is 39.0 Å². The van der Waals surface area contributed by atoms with Gasteiger partial charge in [0.2, 0.25) is 0 Å². The van der Waals surface area contributed by atoms with E-state index in [9.17, 15) is 0 Å². The van der Waals surface area contributed by atoms with Gasteiger partial charge >= 0.3 is 0 Å². The Morgan fingerprint density at radius 2 is 1.88 bits per heavy atom. The minimum Gasteiger partial charge on any atom is -0.494 e. The summed E-state index contributed by atoms with van der Waals surface area (Å²) in [6.07, 6.45) is 1.97. The first kappa shape index (κ1) is 14.0. The minimum atomic E-state index is 0.167. The zero-order valence-electron chi connectivity index (χ0n) is 11.5. The lowest BCUT2D eigenvalue weighted by Crippen LogP contribution is -2.35. The van der Waals surface area contributed by atoms with E-state index in [1.807, 2.05) is 19.1 Å². The molecule has 0 spiro atoms. The zero-order valence-corrected chi connectivity index (χ0v) is 11.5. The molecule has 1 rings (SSSR count). The van der Waals surface area contributed by atoms with E-state index < -0.39 is 0 Å². The average molecular weight is 235 g/mol. The van der Waals surface area contributed by atoms with Crippen LogP contribution < -0.4 is 10.5 Å². The van der Waals surface area contributed by atoms with Crippen LogP contribution in [-0.2, 0) is 6.42 Å². The van der Waals surface area contributed by atoms with Gasteiger partial charge in [0.1, 0.15) is 5.75 Å². The largest absolute Gasteiger partial charge is 0.494 e. The monoisotopic (exact) mass is 235 g/mol. The van der Waals surface area contributed by atoms with Gasteiger partial charge in [-0.05, 0) is 36.8 Å². The predicted octanol–water partition coefficient (Wildman–Crippen LogP) is 3.39. The Hall–Kier alpha value is -1.02. The molecule has 1 aromatic rings. The number of hydrogen-bond acceptors (Lipinski definition) is 2. The molecule has 0 aromatic heterocycles. The van der Waals surface area contributed by atoms with Crippen molar-refractivity contribution in [3.63, 3.8) is 0 Å². The number of rotatable bonds is 5. The Morgan fingerprint density at radius 1 is 1.24 bits per heavy atom. The van der Waals surface area contributed by atoms with Gasteiger partial charge in [-0.15, -0.1) is 0 Å². The molecule has 1 atom stereocenters. The van der Waals surface area contributed by atoms with E-state index >= 15 is 0 Å². The molecular weight excluding hydrogens is 210 g/mol. The summed E-state index contributed by atoms with van der Waals surface area (Å²) in [6, 6.07) is 8.44. The molecule has 0 saturated heterocycles. The molecule has 0 fully saturated rings. The second-order valence-corrected chi connectivity index (χ2v) is 5.55. The van der Waals surface area contributed by atoms with Crippen LogP contribution >= 0.6 is 0 Å². The molecule has 2 N–H and O–H groups in total. The summed E-state index contributed by atoms with van der Waals surface area (Å²) in [5.74, 6) is 0.996. The van der Waals surface area contributed by atoms with Crippen LogP contribution in [0, 0.1) is 5.41 Å². The summed E-state index contributed by atoms with van der Waals surface area (Å²) in [5, 5.41) is 0. The maximum absolute atomic E-state index is 6.18. The molecule has 0 aliphatic rings. The van der Waals surface area contributed by atoms with Gasteiger partial charge in [-0.3, -0.25) is 0 Å². The van der Waals surface area contributed by atoms with Crippen LogP contribution in [0.4, 0.5) is 0 Å². The molecule has 1 aromatic carbocycles. The van der Waals surface area contributed by atoms with Crippen molar-refractivity contribution in [3.05, 3.63) is 29.8 Å². The van der Waals surface area contributed by atoms with E-state index in [1.165, 1.54) is 5.56 Å². The Kier molecular flexibility index (Phi) is 5.01. The lowest BCUT2D eigenvalue weighted by Gasteiger charge is -2.27. The first-order chi connectivity index (χ1) is 7.95. The summed E-state index contributed by atoms with van der Waals surface area (Å²) in [6.45, 7) is 9.28. The van der Waals surface area contributed by atoms with Crippen molar-refractivity contribution in [1.29, 1.82) is 0 Å². The standard InChI is InChI=1S/C15H25NO/c1-5-17-13-9-7-6-8-12(13)10-11-14(16)15(2,3)4/h6-9,14H,5,10-11,16H2,1-4H3. The molecule has 0 saturated carbocycles. The molecule has 0 aliphatic heterocycles. The van der Waals surface area contributed by atoms with Crippen LogP contribution in [0.3, 0.4) is 0 Å². The van der Waals surface area contributed by atoms with Crippen molar-refractivity contribution < 1.29 is 4.74 Å². The van der Waals surface area contributed by atoms with Gasteiger partial charge in [0.15, 0.2) is 0 Å². The molecule has 0 amide bonds. The molecule has 0 bridgehead atoms. The van der Waals surface area contributed by atoms with Crippen LogP contribution in [0.1, 0.15) is 39.7 Å². The van der Waals surface area contributed by atoms with E-state index in [0.717, 1.165) is 18.6 Å². The summed E-state index contributed by atoms with van der Waals surface area (Å²) >= 11 is 0. The number of nitrogens with two attached hydrogens (primary N) is 1. The van der Waals surface area contributed by atoms with Crippen molar-refractivity contribution in [2.75, 3.05) is 6.61 Å². The van der Waals surface area contributed by atoms with Crippen molar-refractivity contribution in [3.8, 4) is 5.75 Å². The minimum absolute atomic E-state index is 0.167. The fourth-order valence-electron chi connectivity index (χ4n) is 1.75. The number of hydrogen-bond donors (Lipinski definition) is 1. The fourth-order valence-corrected chi connectivity index (χ4v) is 1.75. The van der Waals surface area contributed by atoms with Crippen LogP contribution in [0.25, 0.3) is 0 Å². The average Bonchev–Trinajstić information content (AvgIpc) is 2.26. The van der Waals surface area contributed by atoms with E-state index in [2.05, 4.69) is 32.9 Å². The molecule has 2 heteroatoms. The molecule has 96 valence electrons. The fraction of sp³-hybridized carbons (Fsp3) is 0.600. The van der Waals surface area contributed by atoms with E-state index in [0.29, 0.717) is 6.61 Å². The summed E-state index contributed by atoms with van der Waals surface area (Å²) in [7, 11) is 0. The van der Waals surface area contributed by atoms with Gasteiger partial charge in [0, 0.05) is 6.04 Å². The molecule has 0 aliphatic carbocycles. The second kappa shape index (κ2) is 6.06. The van der Waals surface area contributed by atoms with Gasteiger partial charge in [-0.2, -0.15) is 0 Å². The molecular formula is C15H25NO. The lowest BCUT2D eigenvalue weighted by molar-refractivity contribution is 0.302. The number of aryl methyl sites for hydroxylation is 1. The lowest BCUT2D eigenvalue weighted by atomic mass is 9.84. The van der Waals surface area contributed by atoms with Gasteiger partial charge in [0.05, 0.1) is 6.61 Å². The van der Waals surface area contributed by atoms with E-state index in [1.54, 1.807) is 0 Å². The second-order valence-electron chi connectivity index (χ2n) is 5.55. The molecule has 17 heavy (non-hydrogen) atoms. The van der Waals surface area contributed by atoms with Gasteiger partial charge in [-0.25, -0.2) is 0 Å². The van der Waals surface area contributed by atoms with Gasteiger partial charge < -0.3 is 10.5 Å². The quantitative estimate of drug-likeness (QED) is 0.849. The zero-order chi connectivity index (χ0) is 12.9. The third kappa shape index (κ3) is 4.39. The van der Waals surface area contributed by atoms with Crippen LogP contribution in [0.15, 0.2) is 24.3 Å². The summed E-state index contributed by atoms with van der Waals surface area (Å²) < 4.78 is 5.61. The summed E-state index contributed by atoms with van der Waals surface area (Å²) in [4.78, 5) is 0. The van der Waals surface area contributed by atoms with Crippen LogP contribution in [0.2, 0.25) is 0 Å². The van der Waals surface area contributed by atoms with Crippen molar-refractivity contribution in [1.82, 2.24) is 0 Å². The molecule has 0 radical (unpaired) electrons. The molecule has 1 unspecified atom stereocenters. The molecule has 0 heterocycles. The van der Waals surface area contributed by atoms with Crippen LogP contribution in [-0.4, -0.2) is 12.6 Å². The Morgan fingerprint density at radius 3 is 2.47 bits per heavy atom. The Labute approximate surface area is 105 Å². The SMILES string of the molecule is CCOc1ccccc1CCC(N)C(C)(C)C. The predicted molar refractivity (Wildman–Crippen MR) is 73.4 cm³/mol. The van der Waals surface area contributed by atoms with E-state index in [4.69, 9.17) is 10.5 Å². The maximum Gasteiger partial charge on any atom is 0.122 e. The summed E-state index contributed by atoms with van der Waals surface area (Å²) in [5.41, 5.74) is 7.61. The number of benzene rings is 1. The Bertz CT molecular complexity index is 341. The number of para-hydroxylation sites is 1. The highest BCUT2D eigenvalue weighted by atomic mass is 16.5. The first-order valence-corrected chi connectivity index (χ1v) is 6.41. The maximum atomic E-state index is 6.18. The normalized spacial score (nSPS) is 13.5. The topological polar surface area (TPSA) is 35.2 Å². The molecule has 2 nitrogen and oxygen atoms in total. The van der Waals surface area contributed by atoms with Crippen molar-refractivity contribution in [2.24, 2.45) is 11.1 Å². The van der Waals surface area contributed by atoms with Gasteiger partial charge in [0.25, 0.3) is 0 Å². The van der Waals surface area contributed by atoms with Crippen LogP contribution in [0.5, 0.6) is 5.75 Å². The third-order valence-corrected chi connectivity index (χ3v) is 3.11. The third-order valence-electron chi connectivity index (χ3n) is 3.11. The first-order valence-electron chi connectivity index (χ1n) is 6.41. The smallest absolute Gasteiger partial charge is 0.122 e. The Balaban J connectivity index is 2.63.